The maximum atomic E-state index is 13.5. The molecule has 1 aliphatic heterocycles. The summed E-state index contributed by atoms with van der Waals surface area (Å²) in [5, 5.41) is 2.87. The van der Waals surface area contributed by atoms with Crippen LogP contribution in [0.1, 0.15) is 12.0 Å². The number of carbonyl (C=O) groups excluding carboxylic acids is 1. The SMILES string of the molecule is COc1ccc(CNC(=O)C2CC(Oc3ccccc3)CN2S(=O)(=O)c2ccc(OC)cc2)cc1. The van der Waals surface area contributed by atoms with Crippen LogP contribution in [0.15, 0.2) is 83.8 Å². The molecule has 184 valence electrons. The molecule has 1 amide bonds. The molecule has 2 unspecified atom stereocenters. The van der Waals surface area contributed by atoms with Crippen molar-refractivity contribution in [2.24, 2.45) is 0 Å². The van der Waals surface area contributed by atoms with Crippen LogP contribution in [0, 0.1) is 0 Å². The maximum absolute atomic E-state index is 13.5. The monoisotopic (exact) mass is 496 g/mol. The first kappa shape index (κ1) is 24.6. The molecule has 1 aliphatic rings. The summed E-state index contributed by atoms with van der Waals surface area (Å²) in [4.78, 5) is 13.3. The average Bonchev–Trinajstić information content (AvgIpc) is 3.33. The molecule has 35 heavy (non-hydrogen) atoms. The third kappa shape index (κ3) is 5.75. The van der Waals surface area contributed by atoms with Crippen molar-refractivity contribution < 1.29 is 27.4 Å². The number of amides is 1. The summed E-state index contributed by atoms with van der Waals surface area (Å²) in [5.41, 5.74) is 0.874. The molecule has 2 atom stereocenters. The Hall–Kier alpha value is -3.56. The number of sulfonamides is 1. The first-order chi connectivity index (χ1) is 16.9. The van der Waals surface area contributed by atoms with E-state index in [-0.39, 0.29) is 30.3 Å². The fourth-order valence-corrected chi connectivity index (χ4v) is 5.61. The summed E-state index contributed by atoms with van der Waals surface area (Å²) in [6.45, 7) is 0.323. The number of methoxy groups -OCH3 is 2. The molecule has 0 aromatic heterocycles. The van der Waals surface area contributed by atoms with Gasteiger partial charge < -0.3 is 19.5 Å². The molecule has 4 rings (SSSR count). The molecule has 1 N–H and O–H groups in total. The average molecular weight is 497 g/mol. The van der Waals surface area contributed by atoms with Gasteiger partial charge in [0.25, 0.3) is 0 Å². The van der Waals surface area contributed by atoms with Gasteiger partial charge in [-0.3, -0.25) is 4.79 Å². The van der Waals surface area contributed by atoms with Gasteiger partial charge in [0.1, 0.15) is 29.4 Å². The van der Waals surface area contributed by atoms with E-state index >= 15 is 0 Å². The lowest BCUT2D eigenvalue weighted by molar-refractivity contribution is -0.124. The van der Waals surface area contributed by atoms with Crippen LogP contribution >= 0.6 is 0 Å². The fraction of sp³-hybridized carbons (Fsp3) is 0.269. The Balaban J connectivity index is 1.54. The highest BCUT2D eigenvalue weighted by Gasteiger charge is 2.45. The van der Waals surface area contributed by atoms with Crippen molar-refractivity contribution in [3.63, 3.8) is 0 Å². The van der Waals surface area contributed by atoms with Crippen molar-refractivity contribution in [1.82, 2.24) is 9.62 Å². The maximum Gasteiger partial charge on any atom is 0.243 e. The van der Waals surface area contributed by atoms with Crippen molar-refractivity contribution in [2.75, 3.05) is 20.8 Å². The van der Waals surface area contributed by atoms with Crippen LogP contribution in [-0.2, 0) is 21.4 Å². The van der Waals surface area contributed by atoms with Gasteiger partial charge in [-0.15, -0.1) is 0 Å². The number of ether oxygens (including phenoxy) is 3. The Morgan fingerprint density at radius 2 is 1.49 bits per heavy atom. The van der Waals surface area contributed by atoms with Gasteiger partial charge in [0.15, 0.2) is 0 Å². The quantitative estimate of drug-likeness (QED) is 0.489. The zero-order chi connectivity index (χ0) is 24.8. The molecule has 9 heteroatoms. The number of carbonyl (C=O) groups is 1. The highest BCUT2D eigenvalue weighted by molar-refractivity contribution is 7.89. The molecule has 1 heterocycles. The second-order valence-corrected chi connectivity index (χ2v) is 10.0. The standard InChI is InChI=1S/C26H28N2O6S/c1-32-20-10-8-19(9-11-20)17-27-26(29)25-16-23(34-22-6-4-3-5-7-22)18-28(25)35(30,31)24-14-12-21(33-2)13-15-24/h3-15,23,25H,16-18H2,1-2H3,(H,27,29). The Labute approximate surface area is 205 Å². The Morgan fingerprint density at radius 3 is 2.09 bits per heavy atom. The molecule has 0 aliphatic carbocycles. The van der Waals surface area contributed by atoms with Crippen LogP contribution in [0.2, 0.25) is 0 Å². The van der Waals surface area contributed by atoms with Crippen LogP contribution in [-0.4, -0.2) is 51.5 Å². The minimum absolute atomic E-state index is 0.0594. The minimum Gasteiger partial charge on any atom is -0.497 e. The summed E-state index contributed by atoms with van der Waals surface area (Å²) in [6, 6.07) is 21.7. The molecule has 3 aromatic rings. The molecular weight excluding hydrogens is 468 g/mol. The third-order valence-corrected chi connectivity index (χ3v) is 7.75. The summed E-state index contributed by atoms with van der Waals surface area (Å²) in [7, 11) is -0.856. The summed E-state index contributed by atoms with van der Waals surface area (Å²) >= 11 is 0. The topological polar surface area (TPSA) is 94.2 Å². The highest BCUT2D eigenvalue weighted by atomic mass is 32.2. The molecule has 0 bridgehead atoms. The largest absolute Gasteiger partial charge is 0.497 e. The van der Waals surface area contributed by atoms with Crippen LogP contribution < -0.4 is 19.5 Å². The van der Waals surface area contributed by atoms with Gasteiger partial charge in [0.2, 0.25) is 15.9 Å². The van der Waals surface area contributed by atoms with Gasteiger partial charge >= 0.3 is 0 Å². The van der Waals surface area contributed by atoms with Gasteiger partial charge in [-0.1, -0.05) is 30.3 Å². The molecule has 1 saturated heterocycles. The van der Waals surface area contributed by atoms with Crippen molar-refractivity contribution in [2.45, 2.75) is 30.0 Å². The molecule has 0 saturated carbocycles. The molecule has 0 radical (unpaired) electrons. The van der Waals surface area contributed by atoms with E-state index in [1.807, 2.05) is 30.3 Å². The minimum atomic E-state index is -3.95. The van der Waals surface area contributed by atoms with E-state index in [2.05, 4.69) is 5.32 Å². The van der Waals surface area contributed by atoms with E-state index in [9.17, 15) is 13.2 Å². The summed E-state index contributed by atoms with van der Waals surface area (Å²) < 4.78 is 44.6. The van der Waals surface area contributed by atoms with E-state index < -0.39 is 22.2 Å². The van der Waals surface area contributed by atoms with Crippen LogP contribution in [0.25, 0.3) is 0 Å². The summed E-state index contributed by atoms with van der Waals surface area (Å²) in [6.07, 6.45) is -0.235. The number of benzene rings is 3. The molecule has 3 aromatic carbocycles. The predicted octanol–water partition coefficient (Wildman–Crippen LogP) is 3.23. The van der Waals surface area contributed by atoms with Gasteiger partial charge in [0, 0.05) is 13.0 Å². The lowest BCUT2D eigenvalue weighted by Crippen LogP contribution is -2.45. The Kier molecular flexibility index (Phi) is 7.57. The van der Waals surface area contributed by atoms with Crippen LogP contribution in [0.4, 0.5) is 0 Å². The van der Waals surface area contributed by atoms with Crippen molar-refractivity contribution in [3.05, 3.63) is 84.4 Å². The number of rotatable bonds is 9. The van der Waals surface area contributed by atoms with E-state index in [1.165, 1.54) is 23.5 Å². The van der Waals surface area contributed by atoms with E-state index in [1.54, 1.807) is 43.5 Å². The molecule has 0 spiro atoms. The van der Waals surface area contributed by atoms with Crippen molar-refractivity contribution >= 4 is 15.9 Å². The first-order valence-electron chi connectivity index (χ1n) is 11.2. The number of para-hydroxylation sites is 1. The predicted molar refractivity (Wildman–Crippen MR) is 131 cm³/mol. The zero-order valence-electron chi connectivity index (χ0n) is 19.6. The second-order valence-electron chi connectivity index (χ2n) is 8.12. The normalized spacial score (nSPS) is 18.1. The van der Waals surface area contributed by atoms with Gasteiger partial charge in [0.05, 0.1) is 25.7 Å². The highest BCUT2D eigenvalue weighted by Crippen LogP contribution is 2.30. The van der Waals surface area contributed by atoms with Crippen LogP contribution in [0.3, 0.4) is 0 Å². The van der Waals surface area contributed by atoms with E-state index in [4.69, 9.17) is 14.2 Å². The number of nitrogens with zero attached hydrogens (tertiary/aromatic N) is 1. The zero-order valence-corrected chi connectivity index (χ0v) is 20.4. The lowest BCUT2D eigenvalue weighted by atomic mass is 10.1. The van der Waals surface area contributed by atoms with Crippen molar-refractivity contribution in [3.8, 4) is 17.2 Å². The number of hydrogen-bond donors (Lipinski definition) is 1. The molecule has 1 fully saturated rings. The van der Waals surface area contributed by atoms with Crippen molar-refractivity contribution in [1.29, 1.82) is 0 Å². The first-order valence-corrected chi connectivity index (χ1v) is 12.6. The Bertz CT molecular complexity index is 1230. The molecular formula is C26H28N2O6S. The van der Waals surface area contributed by atoms with Gasteiger partial charge in [-0.2, -0.15) is 4.31 Å². The number of nitrogens with one attached hydrogen (secondary N) is 1. The smallest absolute Gasteiger partial charge is 0.243 e. The third-order valence-electron chi connectivity index (χ3n) is 5.86. The molecule has 8 nitrogen and oxygen atoms in total. The fourth-order valence-electron chi connectivity index (χ4n) is 3.98. The Morgan fingerprint density at radius 1 is 0.886 bits per heavy atom. The summed E-state index contributed by atoms with van der Waals surface area (Å²) in [5.74, 6) is 1.51. The van der Waals surface area contributed by atoms with Gasteiger partial charge in [-0.05, 0) is 54.1 Å². The lowest BCUT2D eigenvalue weighted by Gasteiger charge is -2.23. The van der Waals surface area contributed by atoms with Gasteiger partial charge in [-0.25, -0.2) is 8.42 Å². The van der Waals surface area contributed by atoms with E-state index in [0.29, 0.717) is 17.2 Å². The second kappa shape index (κ2) is 10.8. The van der Waals surface area contributed by atoms with E-state index in [0.717, 1.165) is 5.56 Å². The number of hydrogen-bond acceptors (Lipinski definition) is 6. The van der Waals surface area contributed by atoms with Crippen LogP contribution in [0.5, 0.6) is 17.2 Å².